The molecule has 0 bridgehead atoms. The first-order chi connectivity index (χ1) is 9.33. The van der Waals surface area contributed by atoms with E-state index in [1.165, 1.54) is 0 Å². The number of rotatable bonds is 3. The van der Waals surface area contributed by atoms with E-state index in [9.17, 15) is 0 Å². The van der Waals surface area contributed by atoms with Crippen LogP contribution in [0.25, 0.3) is 10.9 Å². The minimum atomic E-state index is 0. The van der Waals surface area contributed by atoms with Crippen molar-refractivity contribution in [1.29, 1.82) is 0 Å². The van der Waals surface area contributed by atoms with Gasteiger partial charge in [-0.25, -0.2) is 0 Å². The van der Waals surface area contributed by atoms with Crippen molar-refractivity contribution < 1.29 is 35.9 Å². The summed E-state index contributed by atoms with van der Waals surface area (Å²) in [6.45, 7) is 0.517. The van der Waals surface area contributed by atoms with Crippen molar-refractivity contribution in [2.75, 3.05) is 0 Å². The molecule has 0 aliphatic carbocycles. The molecule has 3 aromatic rings. The number of hydrogen-bond donors (Lipinski definition) is 0. The van der Waals surface area contributed by atoms with Gasteiger partial charge < -0.3 is 12.2 Å². The Bertz CT molecular complexity index is 703. The van der Waals surface area contributed by atoms with E-state index in [1.807, 2.05) is 42.5 Å². The molecule has 2 aromatic carbocycles. The van der Waals surface area contributed by atoms with E-state index >= 15 is 0 Å². The van der Waals surface area contributed by atoms with Crippen molar-refractivity contribution in [3.8, 4) is 5.75 Å². The molecule has 0 amide bonds. The van der Waals surface area contributed by atoms with E-state index < -0.39 is 0 Å². The van der Waals surface area contributed by atoms with Crippen LogP contribution in [-0.4, -0.2) is 4.98 Å². The van der Waals surface area contributed by atoms with E-state index in [-0.39, 0.29) is 38.5 Å². The number of pyridine rings is 1. The van der Waals surface area contributed by atoms with Crippen LogP contribution in [-0.2, 0) is 6.61 Å². The van der Waals surface area contributed by atoms with Gasteiger partial charge in [0.2, 0.25) is 0 Å². The molecular weight excluding hydrogens is 508 g/mol. The molecule has 3 rings (SSSR count). The predicted molar refractivity (Wildman–Crippen MR) is 82.8 cm³/mol. The molecule has 21 heavy (non-hydrogen) atoms. The van der Waals surface area contributed by atoms with Crippen LogP contribution >= 0.6 is 11.6 Å². The normalized spacial score (nSPS) is 9.57. The number of aromatic nitrogens is 1. The average Bonchev–Trinajstić information content (AvgIpc) is 2.46. The Morgan fingerprint density at radius 2 is 1.90 bits per heavy atom. The van der Waals surface area contributed by atoms with E-state index in [0.717, 1.165) is 16.5 Å². The number of ether oxygens (including phenoxy) is 1. The number of nitrogens with zero attached hydrogens (tertiary/aromatic N) is 1. The summed E-state index contributed by atoms with van der Waals surface area (Å²) in [6.07, 6.45) is 1.69. The van der Waals surface area contributed by atoms with E-state index in [2.05, 4.69) is 11.1 Å². The van der Waals surface area contributed by atoms with Crippen molar-refractivity contribution in [1.82, 2.24) is 4.98 Å². The second-order valence-corrected chi connectivity index (χ2v) is 4.57. The summed E-state index contributed by atoms with van der Waals surface area (Å²) >= 11 is 6.08. The first-order valence-corrected chi connectivity index (χ1v) is 6.33. The molecule has 4 heteroatoms. The second-order valence-electron chi connectivity index (χ2n) is 4.16. The maximum Gasteiger partial charge on any atom is 2.00 e. The van der Waals surface area contributed by atoms with Crippen molar-refractivity contribution in [3.63, 3.8) is 0 Å². The van der Waals surface area contributed by atoms with Gasteiger partial charge in [-0.2, -0.15) is 6.07 Å². The number of hydrogen-bond acceptors (Lipinski definition) is 2. The summed E-state index contributed by atoms with van der Waals surface area (Å²) in [7, 11) is 0. The zero-order chi connectivity index (χ0) is 13.1. The van der Waals surface area contributed by atoms with Gasteiger partial charge in [-0.15, -0.1) is 12.1 Å². The van der Waals surface area contributed by atoms with Gasteiger partial charge in [0, 0.05) is 11.9 Å². The zero-order valence-electron chi connectivity index (χ0n) is 11.6. The third kappa shape index (κ3) is 4.48. The van der Waals surface area contributed by atoms with E-state index in [1.54, 1.807) is 12.3 Å². The Morgan fingerprint density at radius 1 is 1.14 bits per heavy atom. The molecule has 0 spiro atoms. The van der Waals surface area contributed by atoms with Crippen LogP contribution in [0, 0.1) is 44.6 Å². The van der Waals surface area contributed by atoms with Crippen molar-refractivity contribution in [3.05, 3.63) is 78.8 Å². The monoisotopic (exact) mass is 521 g/mol. The zero-order valence-corrected chi connectivity index (χ0v) is 16.6. The first-order valence-electron chi connectivity index (χ1n) is 5.95. The molecule has 2 nitrogen and oxygen atoms in total. The molecule has 0 saturated carbocycles. The molecule has 1 heterocycles. The number of halogens is 1. The Hall–Kier alpha value is -1.01. The van der Waals surface area contributed by atoms with Gasteiger partial charge >= 0.3 is 31.1 Å². The van der Waals surface area contributed by atoms with Crippen LogP contribution in [0.1, 0.15) is 5.56 Å². The Balaban J connectivity index is 0.00000110. The Kier molecular flexibility index (Phi) is 7.25. The molecule has 0 unspecified atom stereocenters. The summed E-state index contributed by atoms with van der Waals surface area (Å²) in [5, 5.41) is 1.56. The standard InChI is InChI=1S/C16H11ClNO.CH3.U/c17-15-8-9-18-16-10-13(6-7-14(15)16)19-11-12-4-2-1-3-5-12;;/h1-5,7-10H,11H2;1H3;/q2*-1;+2. The molecule has 0 N–H and O–H groups in total. The van der Waals surface area contributed by atoms with Gasteiger partial charge in [0.05, 0.1) is 0 Å². The van der Waals surface area contributed by atoms with Crippen LogP contribution in [0.15, 0.2) is 54.7 Å². The summed E-state index contributed by atoms with van der Waals surface area (Å²) in [6, 6.07) is 18.5. The minimum Gasteiger partial charge on any atom is -0.515 e. The average molecular weight is 522 g/mol. The molecule has 0 aliphatic heterocycles. The Morgan fingerprint density at radius 3 is 2.67 bits per heavy atom. The molecule has 1 aromatic heterocycles. The second kappa shape index (κ2) is 8.44. The summed E-state index contributed by atoms with van der Waals surface area (Å²) in [4.78, 5) is 4.27. The largest absolute Gasteiger partial charge is 2.00 e. The predicted octanol–water partition coefficient (Wildman–Crippen LogP) is 4.72. The van der Waals surface area contributed by atoms with Gasteiger partial charge in [0.1, 0.15) is 6.61 Å². The van der Waals surface area contributed by atoms with Gasteiger partial charge in [-0.3, -0.25) is 4.98 Å². The first kappa shape index (κ1) is 18.0. The summed E-state index contributed by atoms with van der Waals surface area (Å²) in [5.74, 6) is 0.672. The van der Waals surface area contributed by atoms with Crippen LogP contribution < -0.4 is 4.74 Å². The van der Waals surface area contributed by atoms with Crippen molar-refractivity contribution in [2.24, 2.45) is 0 Å². The van der Waals surface area contributed by atoms with Crippen LogP contribution in [0.5, 0.6) is 5.75 Å². The van der Waals surface area contributed by atoms with Crippen molar-refractivity contribution >= 4 is 22.5 Å². The minimum absolute atomic E-state index is 0. The summed E-state index contributed by atoms with van der Waals surface area (Å²) in [5.41, 5.74) is 1.93. The molecule has 0 radical (unpaired) electrons. The third-order valence-corrected chi connectivity index (χ3v) is 3.16. The third-order valence-electron chi connectivity index (χ3n) is 2.83. The molecule has 0 fully saturated rings. The van der Waals surface area contributed by atoms with E-state index in [0.29, 0.717) is 17.4 Å². The molecular formula is C17H14ClNOU. The van der Waals surface area contributed by atoms with Crippen LogP contribution in [0.3, 0.4) is 0 Å². The molecule has 0 aliphatic rings. The molecule has 0 atom stereocenters. The topological polar surface area (TPSA) is 22.1 Å². The van der Waals surface area contributed by atoms with E-state index in [4.69, 9.17) is 16.3 Å². The summed E-state index contributed by atoms with van der Waals surface area (Å²) < 4.78 is 5.70. The Labute approximate surface area is 153 Å². The maximum absolute atomic E-state index is 6.08. The van der Waals surface area contributed by atoms with Gasteiger partial charge in [-0.1, -0.05) is 47.3 Å². The smallest absolute Gasteiger partial charge is 0.515 e. The van der Waals surface area contributed by atoms with Crippen LogP contribution in [0.4, 0.5) is 0 Å². The van der Waals surface area contributed by atoms with Gasteiger partial charge in [-0.05, 0) is 22.2 Å². The number of benzene rings is 2. The molecule has 104 valence electrons. The maximum atomic E-state index is 6.08. The van der Waals surface area contributed by atoms with Crippen LogP contribution in [0.2, 0.25) is 5.02 Å². The fourth-order valence-electron chi connectivity index (χ4n) is 1.85. The van der Waals surface area contributed by atoms with Crippen molar-refractivity contribution in [2.45, 2.75) is 6.61 Å². The van der Waals surface area contributed by atoms with Gasteiger partial charge in [0.25, 0.3) is 0 Å². The fraction of sp³-hybridized carbons (Fsp3) is 0.0588. The quantitative estimate of drug-likeness (QED) is 0.466. The number of fused-ring (bicyclic) bond motifs is 1. The molecule has 0 saturated heterocycles. The van der Waals surface area contributed by atoms with Gasteiger partial charge in [0.15, 0.2) is 0 Å². The SMILES string of the molecule is Clc1ccnc2cc(OCc3ccccc3)[c-]cc12.[CH3-].[U+2]. The fourth-order valence-corrected chi connectivity index (χ4v) is 2.06.